The predicted molar refractivity (Wildman–Crippen MR) is 143 cm³/mol. The molecule has 2 atom stereocenters. The summed E-state index contributed by atoms with van der Waals surface area (Å²) in [6, 6.07) is 19.9. The molecule has 5 rings (SSSR count). The van der Waals surface area contributed by atoms with Crippen LogP contribution < -0.4 is 5.32 Å². The Morgan fingerprint density at radius 2 is 1.74 bits per heavy atom. The number of nitrogens with zero attached hydrogens (tertiary/aromatic N) is 2. The maximum atomic E-state index is 14.2. The molecule has 2 amide bonds. The second-order valence-corrected chi connectivity index (χ2v) is 10.2. The van der Waals surface area contributed by atoms with E-state index in [-0.39, 0.29) is 40.7 Å². The van der Waals surface area contributed by atoms with Crippen molar-refractivity contribution >= 4 is 23.4 Å². The minimum Gasteiger partial charge on any atom is -0.349 e. The van der Waals surface area contributed by atoms with E-state index >= 15 is 0 Å². The number of hydrogen-bond acceptors (Lipinski definition) is 3. The number of fused-ring (bicyclic) bond motifs is 1. The van der Waals surface area contributed by atoms with Gasteiger partial charge in [-0.15, -0.1) is 0 Å². The van der Waals surface area contributed by atoms with Crippen molar-refractivity contribution in [3.05, 3.63) is 118 Å². The van der Waals surface area contributed by atoms with Crippen molar-refractivity contribution in [1.82, 2.24) is 15.1 Å². The van der Waals surface area contributed by atoms with Gasteiger partial charge in [0.2, 0.25) is 5.91 Å². The summed E-state index contributed by atoms with van der Waals surface area (Å²) in [6.07, 6.45) is 2.72. The molecule has 0 bridgehead atoms. The first-order chi connectivity index (χ1) is 18.4. The maximum Gasteiger partial charge on any atom is 0.262 e. The first-order valence-corrected chi connectivity index (χ1v) is 13.0. The number of likely N-dealkylation sites (tertiary alicyclic amines) is 1. The maximum absolute atomic E-state index is 14.2. The van der Waals surface area contributed by atoms with Crippen LogP contribution in [0.25, 0.3) is 0 Å². The molecular weight excluding hydrogens is 508 g/mol. The summed E-state index contributed by atoms with van der Waals surface area (Å²) in [6.45, 7) is 2.75. The monoisotopic (exact) mass is 535 g/mol. The van der Waals surface area contributed by atoms with Crippen molar-refractivity contribution in [1.29, 1.82) is 0 Å². The molecular formula is C30H28ClF2N3O2. The molecule has 3 aromatic rings. The van der Waals surface area contributed by atoms with Crippen LogP contribution in [0.5, 0.6) is 0 Å². The highest BCUT2D eigenvalue weighted by Crippen LogP contribution is 2.32. The van der Waals surface area contributed by atoms with Crippen molar-refractivity contribution in [2.24, 2.45) is 5.92 Å². The average molecular weight is 536 g/mol. The molecule has 8 heteroatoms. The van der Waals surface area contributed by atoms with Crippen molar-refractivity contribution in [3.8, 4) is 0 Å². The largest absolute Gasteiger partial charge is 0.349 e. The van der Waals surface area contributed by atoms with Crippen molar-refractivity contribution in [2.75, 3.05) is 26.2 Å². The van der Waals surface area contributed by atoms with E-state index in [0.717, 1.165) is 29.8 Å². The fourth-order valence-electron chi connectivity index (χ4n) is 5.20. The second-order valence-electron chi connectivity index (χ2n) is 9.81. The van der Waals surface area contributed by atoms with Crippen LogP contribution in [-0.4, -0.2) is 47.8 Å². The summed E-state index contributed by atoms with van der Waals surface area (Å²) in [5.74, 6) is -1.30. The topological polar surface area (TPSA) is 52.7 Å². The van der Waals surface area contributed by atoms with Gasteiger partial charge in [0.05, 0.1) is 23.0 Å². The number of hydrogen-bond donors (Lipinski definition) is 1. The zero-order valence-electron chi connectivity index (χ0n) is 20.7. The molecule has 0 radical (unpaired) electrons. The smallest absolute Gasteiger partial charge is 0.262 e. The molecule has 0 aromatic heterocycles. The number of halogens is 3. The highest BCUT2D eigenvalue weighted by molar-refractivity contribution is 6.33. The predicted octanol–water partition coefficient (Wildman–Crippen LogP) is 5.38. The molecule has 1 fully saturated rings. The first kappa shape index (κ1) is 26.1. The van der Waals surface area contributed by atoms with E-state index in [1.54, 1.807) is 17.0 Å². The third-order valence-corrected chi connectivity index (χ3v) is 7.45. The lowest BCUT2D eigenvalue weighted by atomic mass is 10.0. The number of rotatable bonds is 8. The Labute approximate surface area is 225 Å². The van der Waals surface area contributed by atoms with Gasteiger partial charge in [-0.05, 0) is 47.4 Å². The van der Waals surface area contributed by atoms with Crippen LogP contribution in [-0.2, 0) is 11.2 Å². The van der Waals surface area contributed by atoms with Gasteiger partial charge >= 0.3 is 0 Å². The van der Waals surface area contributed by atoms with Gasteiger partial charge in [0.15, 0.2) is 0 Å². The molecule has 0 spiro atoms. The second kappa shape index (κ2) is 11.5. The van der Waals surface area contributed by atoms with E-state index in [2.05, 4.69) is 10.2 Å². The van der Waals surface area contributed by atoms with Crippen molar-refractivity contribution in [2.45, 2.75) is 18.9 Å². The van der Waals surface area contributed by atoms with Crippen molar-refractivity contribution < 1.29 is 18.4 Å². The number of benzene rings is 3. The Bertz CT molecular complexity index is 1330. The molecule has 3 aromatic carbocycles. The molecule has 1 saturated heterocycles. The number of carbonyl (C=O) groups is 2. The summed E-state index contributed by atoms with van der Waals surface area (Å²) in [5.41, 5.74) is 2.83. The van der Waals surface area contributed by atoms with E-state index in [1.165, 1.54) is 30.3 Å². The first-order valence-electron chi connectivity index (χ1n) is 12.6. The Hall–Kier alpha value is -3.55. The van der Waals surface area contributed by atoms with Gasteiger partial charge in [0.1, 0.15) is 11.6 Å². The van der Waals surface area contributed by atoms with Crippen LogP contribution in [0, 0.1) is 17.6 Å². The molecule has 1 N–H and O–H groups in total. The van der Waals surface area contributed by atoms with E-state index < -0.39 is 11.7 Å². The molecule has 0 aliphatic carbocycles. The van der Waals surface area contributed by atoms with Crippen LogP contribution in [0.3, 0.4) is 0 Å². The molecule has 196 valence electrons. The summed E-state index contributed by atoms with van der Waals surface area (Å²) < 4.78 is 27.5. The van der Waals surface area contributed by atoms with Crippen LogP contribution in [0.4, 0.5) is 8.78 Å². The SMILES string of the molecule is O=C(Cc1ccc(F)cc1)N[C@@H](CCN1CC2=CN(C(=O)c3c(F)cccc3Cl)CC2C1)c1ccccc1. The number of carbonyl (C=O) groups excluding carboxylic acids is 2. The molecule has 5 nitrogen and oxygen atoms in total. The van der Waals surface area contributed by atoms with Gasteiger partial charge in [0.25, 0.3) is 5.91 Å². The van der Waals surface area contributed by atoms with E-state index in [9.17, 15) is 18.4 Å². The lowest BCUT2D eigenvalue weighted by Gasteiger charge is -2.24. The molecule has 2 aliphatic rings. The van der Waals surface area contributed by atoms with Gasteiger partial charge in [0, 0.05) is 38.3 Å². The molecule has 38 heavy (non-hydrogen) atoms. The van der Waals surface area contributed by atoms with Gasteiger partial charge in [-0.2, -0.15) is 0 Å². The van der Waals surface area contributed by atoms with Crippen LogP contribution >= 0.6 is 11.6 Å². The standard InChI is InChI=1S/C30H28ClF2N3O2/c31-25-7-4-8-26(33)29(25)30(38)36-18-22-16-35(17-23(22)19-36)14-13-27(21-5-2-1-3-6-21)34-28(37)15-20-9-11-24(32)12-10-20/h1-12,18,23,27H,13-17,19H2,(H,34,37)/t23?,27-/m0/s1. The molecule has 0 saturated carbocycles. The third kappa shape index (κ3) is 5.95. The minimum atomic E-state index is -0.618. The van der Waals surface area contributed by atoms with Crippen molar-refractivity contribution in [3.63, 3.8) is 0 Å². The normalized spacial score (nSPS) is 17.7. The Morgan fingerprint density at radius 3 is 2.45 bits per heavy atom. The highest BCUT2D eigenvalue weighted by Gasteiger charge is 2.36. The fourth-order valence-corrected chi connectivity index (χ4v) is 5.45. The van der Waals surface area contributed by atoms with E-state index in [1.807, 2.05) is 36.5 Å². The third-order valence-electron chi connectivity index (χ3n) is 7.13. The van der Waals surface area contributed by atoms with Crippen LogP contribution in [0.1, 0.15) is 33.9 Å². The van der Waals surface area contributed by atoms with Gasteiger partial charge < -0.3 is 10.2 Å². The average Bonchev–Trinajstić information content (AvgIpc) is 3.47. The van der Waals surface area contributed by atoms with Gasteiger partial charge in [-0.25, -0.2) is 8.78 Å². The summed E-state index contributed by atoms with van der Waals surface area (Å²) >= 11 is 6.09. The van der Waals surface area contributed by atoms with E-state index in [4.69, 9.17) is 11.6 Å². The number of nitrogens with one attached hydrogen (secondary N) is 1. The Morgan fingerprint density at radius 1 is 0.974 bits per heavy atom. The summed E-state index contributed by atoms with van der Waals surface area (Å²) in [5, 5.41) is 3.26. The molecule has 1 unspecified atom stereocenters. The highest BCUT2D eigenvalue weighted by atomic mass is 35.5. The summed E-state index contributed by atoms with van der Waals surface area (Å²) in [4.78, 5) is 29.6. The summed E-state index contributed by atoms with van der Waals surface area (Å²) in [7, 11) is 0. The quantitative estimate of drug-likeness (QED) is 0.421. The van der Waals surface area contributed by atoms with Gasteiger partial charge in [-0.3, -0.25) is 14.5 Å². The lowest BCUT2D eigenvalue weighted by Crippen LogP contribution is -2.34. The molecule has 2 heterocycles. The molecule has 2 aliphatic heterocycles. The van der Waals surface area contributed by atoms with Crippen LogP contribution in [0.15, 0.2) is 84.6 Å². The Kier molecular flexibility index (Phi) is 7.86. The fraction of sp³-hybridized carbons (Fsp3) is 0.267. The van der Waals surface area contributed by atoms with Gasteiger partial charge in [-0.1, -0.05) is 60.1 Å². The zero-order valence-corrected chi connectivity index (χ0v) is 21.5. The zero-order chi connectivity index (χ0) is 26.6. The lowest BCUT2D eigenvalue weighted by molar-refractivity contribution is -0.121. The van der Waals surface area contributed by atoms with Crippen LogP contribution in [0.2, 0.25) is 5.02 Å². The number of amides is 2. The minimum absolute atomic E-state index is 0.0927. The van der Waals surface area contributed by atoms with E-state index in [0.29, 0.717) is 19.5 Å². The Balaban J connectivity index is 1.20.